The molecule has 0 spiro atoms. The average Bonchev–Trinajstić information content (AvgIpc) is 2.69. The van der Waals surface area contributed by atoms with Crippen molar-refractivity contribution in [1.29, 1.82) is 0 Å². The highest BCUT2D eigenvalue weighted by Crippen LogP contribution is 2.33. The van der Waals surface area contributed by atoms with Gasteiger partial charge in [0.15, 0.2) is 0 Å². The van der Waals surface area contributed by atoms with E-state index in [0.29, 0.717) is 41.5 Å². The van der Waals surface area contributed by atoms with Crippen LogP contribution >= 0.6 is 23.2 Å². The van der Waals surface area contributed by atoms with E-state index in [1.165, 1.54) is 18.3 Å². The summed E-state index contributed by atoms with van der Waals surface area (Å²) in [6.45, 7) is 2.98. The number of nitrogen functional groups attached to an aromatic ring is 1. The van der Waals surface area contributed by atoms with E-state index in [4.69, 9.17) is 28.9 Å². The number of aromatic nitrogens is 1. The number of anilines is 1. The highest BCUT2D eigenvalue weighted by Gasteiger charge is 2.35. The summed E-state index contributed by atoms with van der Waals surface area (Å²) in [6, 6.07) is 6.81. The lowest BCUT2D eigenvalue weighted by Gasteiger charge is -2.46. The molecule has 0 aliphatic carbocycles. The molecule has 0 radical (unpaired) electrons. The van der Waals surface area contributed by atoms with E-state index in [1.807, 2.05) is 11.0 Å². The number of halogens is 3. The molecular formula is C20H21Cl2FN4O. The molecule has 28 heavy (non-hydrogen) atoms. The summed E-state index contributed by atoms with van der Waals surface area (Å²) < 4.78 is 13.4. The first kappa shape index (κ1) is 19.4. The molecule has 8 heteroatoms. The Labute approximate surface area is 173 Å². The number of carbonyl (C=O) groups excluding carboxylic acids is 1. The van der Waals surface area contributed by atoms with Crippen LogP contribution in [0.25, 0.3) is 0 Å². The van der Waals surface area contributed by atoms with E-state index in [-0.39, 0.29) is 16.7 Å². The molecule has 1 aromatic heterocycles. The summed E-state index contributed by atoms with van der Waals surface area (Å²) >= 11 is 12.1. The highest BCUT2D eigenvalue weighted by molar-refractivity contribution is 6.34. The lowest BCUT2D eigenvalue weighted by Crippen LogP contribution is -2.57. The van der Waals surface area contributed by atoms with Gasteiger partial charge in [0.1, 0.15) is 11.6 Å². The molecule has 3 heterocycles. The van der Waals surface area contributed by atoms with Crippen LogP contribution in [0, 0.1) is 5.82 Å². The molecule has 2 saturated heterocycles. The molecule has 2 aliphatic heterocycles. The van der Waals surface area contributed by atoms with Crippen molar-refractivity contribution in [1.82, 2.24) is 14.8 Å². The van der Waals surface area contributed by atoms with E-state index in [9.17, 15) is 9.18 Å². The van der Waals surface area contributed by atoms with Gasteiger partial charge in [0, 0.05) is 38.4 Å². The maximum Gasteiger partial charge on any atom is 0.257 e. The van der Waals surface area contributed by atoms with E-state index in [2.05, 4.69) is 9.88 Å². The van der Waals surface area contributed by atoms with Gasteiger partial charge in [-0.1, -0.05) is 29.3 Å². The summed E-state index contributed by atoms with van der Waals surface area (Å²) in [5.41, 5.74) is 7.08. The third-order valence-electron chi connectivity index (χ3n) is 5.72. The van der Waals surface area contributed by atoms with Gasteiger partial charge in [-0.15, -0.1) is 0 Å². The van der Waals surface area contributed by atoms with Crippen LogP contribution in [0.4, 0.5) is 10.2 Å². The number of hydrogen-bond acceptors (Lipinski definition) is 4. The normalized spacial score (nSPS) is 22.8. The maximum absolute atomic E-state index is 13.4. The number of amides is 1. The number of fused-ring (bicyclic) bond motifs is 1. The van der Waals surface area contributed by atoms with E-state index in [1.54, 1.807) is 6.07 Å². The Morgan fingerprint density at radius 2 is 1.96 bits per heavy atom. The van der Waals surface area contributed by atoms with Gasteiger partial charge in [0.2, 0.25) is 0 Å². The van der Waals surface area contributed by atoms with Crippen molar-refractivity contribution in [3.05, 3.63) is 57.5 Å². The van der Waals surface area contributed by atoms with Crippen LogP contribution < -0.4 is 5.73 Å². The quantitative estimate of drug-likeness (QED) is 0.798. The van der Waals surface area contributed by atoms with Gasteiger partial charge < -0.3 is 10.6 Å². The van der Waals surface area contributed by atoms with Gasteiger partial charge in [0.05, 0.1) is 15.6 Å². The molecule has 2 fully saturated rings. The van der Waals surface area contributed by atoms with Crippen LogP contribution in [0.1, 0.15) is 34.7 Å². The molecule has 1 aromatic carbocycles. The molecule has 2 atom stereocenters. The molecule has 2 aliphatic rings. The zero-order chi connectivity index (χ0) is 19.8. The van der Waals surface area contributed by atoms with Gasteiger partial charge in [-0.3, -0.25) is 9.69 Å². The van der Waals surface area contributed by atoms with Crippen molar-refractivity contribution in [2.75, 3.05) is 31.9 Å². The van der Waals surface area contributed by atoms with Crippen LogP contribution in [-0.2, 0) is 0 Å². The van der Waals surface area contributed by atoms with E-state index in [0.717, 1.165) is 31.5 Å². The molecule has 0 saturated carbocycles. The Kier molecular flexibility index (Phi) is 5.45. The molecule has 5 nitrogen and oxygen atoms in total. The van der Waals surface area contributed by atoms with Gasteiger partial charge in [0.25, 0.3) is 5.91 Å². The minimum absolute atomic E-state index is 0.107. The molecule has 148 valence electrons. The Morgan fingerprint density at radius 1 is 1.14 bits per heavy atom. The van der Waals surface area contributed by atoms with E-state index < -0.39 is 0 Å². The highest BCUT2D eigenvalue weighted by atomic mass is 35.5. The zero-order valence-corrected chi connectivity index (χ0v) is 16.8. The van der Waals surface area contributed by atoms with Crippen LogP contribution in [0.15, 0.2) is 30.5 Å². The predicted octanol–water partition coefficient (Wildman–Crippen LogP) is 3.81. The number of carbonyl (C=O) groups is 1. The van der Waals surface area contributed by atoms with Gasteiger partial charge in [-0.2, -0.15) is 0 Å². The minimum Gasteiger partial charge on any atom is -0.384 e. The summed E-state index contributed by atoms with van der Waals surface area (Å²) in [6.07, 6.45) is 3.40. The number of nitrogens with two attached hydrogens (primary N) is 1. The zero-order valence-electron chi connectivity index (χ0n) is 15.2. The Balaban J connectivity index is 1.42. The molecule has 2 N–H and O–H groups in total. The fourth-order valence-electron chi connectivity index (χ4n) is 4.17. The standard InChI is InChI=1S/C20H21Cl2FN4O/c21-16-8-19(24)25-9-15(16)20(28)27-6-5-26-10-13(1-3-14(26)11-27)12-2-4-18(23)17(22)7-12/h2,4,7-9,13-14H,1,3,5-6,10-11H2,(H2,24,25)/t13-,14+/m0/s1. The molecule has 1 amide bonds. The van der Waals surface area contributed by atoms with Crippen molar-refractivity contribution < 1.29 is 9.18 Å². The Morgan fingerprint density at radius 3 is 2.71 bits per heavy atom. The average molecular weight is 423 g/mol. The number of benzene rings is 1. The Hall–Kier alpha value is -1.89. The minimum atomic E-state index is -0.387. The number of hydrogen-bond donors (Lipinski definition) is 1. The summed E-state index contributed by atoms with van der Waals surface area (Å²) in [4.78, 5) is 21.1. The second-order valence-corrected chi connectivity index (χ2v) is 8.25. The van der Waals surface area contributed by atoms with E-state index >= 15 is 0 Å². The fraction of sp³-hybridized carbons (Fsp3) is 0.400. The third-order valence-corrected chi connectivity index (χ3v) is 6.32. The molecular weight excluding hydrogens is 402 g/mol. The first-order chi connectivity index (χ1) is 13.4. The van der Waals surface area contributed by atoms with Gasteiger partial charge >= 0.3 is 0 Å². The second kappa shape index (κ2) is 7.85. The summed E-state index contributed by atoms with van der Waals surface area (Å²) in [5, 5.41) is 0.501. The number of pyridine rings is 1. The summed E-state index contributed by atoms with van der Waals surface area (Å²) in [5.74, 6) is 0.129. The van der Waals surface area contributed by atoms with Crippen LogP contribution in [0.3, 0.4) is 0 Å². The predicted molar refractivity (Wildman–Crippen MR) is 108 cm³/mol. The molecule has 0 unspecified atom stereocenters. The maximum atomic E-state index is 13.4. The van der Waals surface area contributed by atoms with Gasteiger partial charge in [-0.05, 0) is 42.5 Å². The lowest BCUT2D eigenvalue weighted by molar-refractivity contribution is 0.0329. The number of piperazine rings is 1. The monoisotopic (exact) mass is 422 g/mol. The van der Waals surface area contributed by atoms with Gasteiger partial charge in [-0.25, -0.2) is 9.37 Å². The lowest BCUT2D eigenvalue weighted by atomic mass is 9.86. The van der Waals surface area contributed by atoms with Crippen molar-refractivity contribution in [2.24, 2.45) is 0 Å². The second-order valence-electron chi connectivity index (χ2n) is 7.44. The first-order valence-electron chi connectivity index (χ1n) is 9.31. The number of piperidine rings is 1. The fourth-order valence-corrected chi connectivity index (χ4v) is 4.60. The molecule has 2 aromatic rings. The van der Waals surface area contributed by atoms with Crippen LogP contribution in [0.5, 0.6) is 0 Å². The van der Waals surface area contributed by atoms with Crippen LogP contribution in [-0.4, -0.2) is 52.9 Å². The number of nitrogens with zero attached hydrogens (tertiary/aromatic N) is 3. The first-order valence-corrected chi connectivity index (χ1v) is 10.1. The summed E-state index contributed by atoms with van der Waals surface area (Å²) in [7, 11) is 0. The molecule has 4 rings (SSSR count). The van der Waals surface area contributed by atoms with Crippen molar-refractivity contribution >= 4 is 34.9 Å². The Bertz CT molecular complexity index is 910. The smallest absolute Gasteiger partial charge is 0.257 e. The topological polar surface area (TPSA) is 62.5 Å². The van der Waals surface area contributed by atoms with Crippen molar-refractivity contribution in [3.63, 3.8) is 0 Å². The largest absolute Gasteiger partial charge is 0.384 e. The SMILES string of the molecule is Nc1cc(Cl)c(C(=O)N2CCN3C[C@@H](c4ccc(F)c(Cl)c4)CC[C@@H]3C2)cn1. The molecule has 0 bridgehead atoms. The number of rotatable bonds is 2. The van der Waals surface area contributed by atoms with Crippen molar-refractivity contribution in [3.8, 4) is 0 Å². The third kappa shape index (κ3) is 3.81. The van der Waals surface area contributed by atoms with Crippen molar-refractivity contribution in [2.45, 2.75) is 24.8 Å². The van der Waals surface area contributed by atoms with Crippen LogP contribution in [0.2, 0.25) is 10.0 Å².